The molecule has 1 saturated heterocycles. The van der Waals surface area contributed by atoms with Gasteiger partial charge in [0.25, 0.3) is 0 Å². The molecule has 1 saturated carbocycles. The van der Waals surface area contributed by atoms with E-state index in [1.165, 1.54) is 37.0 Å². The fourth-order valence-electron chi connectivity index (χ4n) is 7.09. The van der Waals surface area contributed by atoms with Crippen LogP contribution in [0.2, 0.25) is 0 Å². The van der Waals surface area contributed by atoms with Gasteiger partial charge in [-0.1, -0.05) is 50.6 Å². The number of rotatable bonds is 5. The van der Waals surface area contributed by atoms with Crippen LogP contribution in [-0.2, 0) is 4.79 Å². The molecule has 5 nitrogen and oxygen atoms in total. The quantitative estimate of drug-likeness (QED) is 0.655. The van der Waals surface area contributed by atoms with Crippen molar-refractivity contribution in [3.63, 3.8) is 0 Å². The molecular formula is C28H36N2O3. The summed E-state index contributed by atoms with van der Waals surface area (Å²) in [5, 5.41) is 9.22. The zero-order valence-electron chi connectivity index (χ0n) is 20.1. The second-order valence-electron chi connectivity index (χ2n) is 11.4. The molecule has 0 unspecified atom stereocenters. The van der Waals surface area contributed by atoms with Crippen LogP contribution >= 0.6 is 0 Å². The molecule has 0 radical (unpaired) electrons. The van der Waals surface area contributed by atoms with Gasteiger partial charge in [-0.2, -0.15) is 0 Å². The minimum absolute atomic E-state index is 0.0609. The average Bonchev–Trinajstić information content (AvgIpc) is 3.40. The molecular weight excluding hydrogens is 412 g/mol. The molecule has 176 valence electrons. The summed E-state index contributed by atoms with van der Waals surface area (Å²) >= 11 is 0. The van der Waals surface area contributed by atoms with E-state index in [0.29, 0.717) is 18.5 Å². The number of carboxylic acid groups (broad SMARTS) is 1. The summed E-state index contributed by atoms with van der Waals surface area (Å²) in [4.78, 5) is 29.0. The molecule has 1 N–H and O–H groups in total. The maximum Gasteiger partial charge on any atom is 0.335 e. The van der Waals surface area contributed by atoms with Crippen molar-refractivity contribution in [3.05, 3.63) is 53.1 Å². The van der Waals surface area contributed by atoms with Gasteiger partial charge in [-0.05, 0) is 54.9 Å². The van der Waals surface area contributed by atoms with Crippen molar-refractivity contribution in [2.24, 2.45) is 16.7 Å². The Labute approximate surface area is 197 Å². The zero-order chi connectivity index (χ0) is 23.4. The molecule has 2 fully saturated rings. The van der Waals surface area contributed by atoms with E-state index in [1.54, 1.807) is 12.1 Å². The maximum absolute atomic E-state index is 13.1. The summed E-state index contributed by atoms with van der Waals surface area (Å²) in [6.45, 7) is 10.4. The second kappa shape index (κ2) is 8.12. The summed E-state index contributed by atoms with van der Waals surface area (Å²) in [5.74, 6) is 0.254. The van der Waals surface area contributed by atoms with Gasteiger partial charge >= 0.3 is 5.97 Å². The first-order valence-corrected chi connectivity index (χ1v) is 12.4. The van der Waals surface area contributed by atoms with Crippen molar-refractivity contribution < 1.29 is 14.7 Å². The molecule has 3 atom stereocenters. The van der Waals surface area contributed by atoms with Crippen LogP contribution in [0.4, 0.5) is 0 Å². The van der Waals surface area contributed by atoms with E-state index >= 15 is 0 Å². The first-order valence-electron chi connectivity index (χ1n) is 12.4. The van der Waals surface area contributed by atoms with Crippen molar-refractivity contribution in [1.82, 2.24) is 9.80 Å². The van der Waals surface area contributed by atoms with E-state index in [2.05, 4.69) is 42.7 Å². The van der Waals surface area contributed by atoms with Crippen molar-refractivity contribution in [2.45, 2.75) is 58.9 Å². The van der Waals surface area contributed by atoms with Gasteiger partial charge in [0.1, 0.15) is 0 Å². The Balaban J connectivity index is 1.28. The Morgan fingerprint density at radius 2 is 1.85 bits per heavy atom. The highest BCUT2D eigenvalue weighted by molar-refractivity contribution is 5.88. The smallest absolute Gasteiger partial charge is 0.335 e. The van der Waals surface area contributed by atoms with E-state index in [-0.39, 0.29) is 16.7 Å². The Morgan fingerprint density at radius 3 is 2.48 bits per heavy atom. The third kappa shape index (κ3) is 3.95. The largest absolute Gasteiger partial charge is 0.478 e. The van der Waals surface area contributed by atoms with Crippen LogP contribution in [0.1, 0.15) is 68.8 Å². The summed E-state index contributed by atoms with van der Waals surface area (Å²) in [7, 11) is 0. The van der Waals surface area contributed by atoms with E-state index in [0.717, 1.165) is 37.0 Å². The third-order valence-electron chi connectivity index (χ3n) is 8.74. The lowest BCUT2D eigenvalue weighted by atomic mass is 9.58. The van der Waals surface area contributed by atoms with Crippen molar-refractivity contribution in [1.29, 1.82) is 0 Å². The number of piperidine rings is 1. The fraction of sp³-hybridized carbons (Fsp3) is 0.571. The standard InChI is InChI=1S/C28H36N2O3/c1-27(2)23(20-5-7-21(8-6-20)26(32)33)10-13-28(3)18-30(14-11-24(27)28)25(31)12-15-29-17-19-4-9-22(29)16-19/h5-8,10-11,19,22H,4,9,12-18H2,1-3H3,(H,32,33)/t19-,22+,28+/m0/s1. The van der Waals surface area contributed by atoms with E-state index in [4.69, 9.17) is 0 Å². The average molecular weight is 449 g/mol. The number of allylic oxidation sites excluding steroid dienone is 2. The number of benzene rings is 1. The van der Waals surface area contributed by atoms with Crippen molar-refractivity contribution >= 4 is 17.4 Å². The lowest BCUT2D eigenvalue weighted by molar-refractivity contribution is -0.132. The number of amides is 1. The summed E-state index contributed by atoms with van der Waals surface area (Å²) in [6, 6.07) is 7.93. The summed E-state index contributed by atoms with van der Waals surface area (Å²) in [6.07, 6.45) is 10.1. The van der Waals surface area contributed by atoms with Crippen LogP contribution in [0.15, 0.2) is 42.0 Å². The Bertz CT molecular complexity index is 1020. The van der Waals surface area contributed by atoms with E-state index in [9.17, 15) is 14.7 Å². The lowest BCUT2D eigenvalue weighted by Crippen LogP contribution is -2.49. The first-order chi connectivity index (χ1) is 15.7. The molecule has 2 aliphatic heterocycles. The minimum Gasteiger partial charge on any atom is -0.478 e. The number of carbonyl (C=O) groups excluding carboxylic acids is 1. The van der Waals surface area contributed by atoms with Crippen LogP contribution < -0.4 is 0 Å². The van der Waals surface area contributed by atoms with Crippen LogP contribution in [0, 0.1) is 16.7 Å². The molecule has 2 aliphatic carbocycles. The molecule has 1 amide bonds. The Morgan fingerprint density at radius 1 is 1.09 bits per heavy atom. The molecule has 2 heterocycles. The van der Waals surface area contributed by atoms with Crippen LogP contribution in [0.3, 0.4) is 0 Å². The number of fused-ring (bicyclic) bond motifs is 3. The summed E-state index contributed by atoms with van der Waals surface area (Å²) in [5.41, 5.74) is 3.80. The predicted octanol–water partition coefficient (Wildman–Crippen LogP) is 4.85. The number of hydrogen-bond donors (Lipinski definition) is 1. The monoisotopic (exact) mass is 448 g/mol. The minimum atomic E-state index is -0.900. The normalized spacial score (nSPS) is 30.6. The molecule has 4 aliphatic rings. The van der Waals surface area contributed by atoms with Gasteiger partial charge in [-0.3, -0.25) is 9.69 Å². The molecule has 5 heteroatoms. The van der Waals surface area contributed by atoms with Crippen molar-refractivity contribution in [3.8, 4) is 0 Å². The van der Waals surface area contributed by atoms with Crippen molar-refractivity contribution in [2.75, 3.05) is 26.2 Å². The van der Waals surface area contributed by atoms with Gasteiger partial charge in [0.2, 0.25) is 5.91 Å². The number of hydrogen-bond acceptors (Lipinski definition) is 3. The lowest BCUT2D eigenvalue weighted by Gasteiger charge is -2.50. The topological polar surface area (TPSA) is 60.9 Å². The number of carboxylic acids is 1. The third-order valence-corrected chi connectivity index (χ3v) is 8.74. The Kier molecular flexibility index (Phi) is 5.51. The highest BCUT2D eigenvalue weighted by atomic mass is 16.4. The van der Waals surface area contributed by atoms with Gasteiger partial charge < -0.3 is 10.0 Å². The highest BCUT2D eigenvalue weighted by Gasteiger charge is 2.46. The Hall–Kier alpha value is -2.40. The number of carbonyl (C=O) groups is 2. The maximum atomic E-state index is 13.1. The van der Waals surface area contributed by atoms with Gasteiger partial charge in [0.05, 0.1) is 5.56 Å². The predicted molar refractivity (Wildman–Crippen MR) is 130 cm³/mol. The number of nitrogens with zero attached hydrogens (tertiary/aromatic N) is 2. The molecule has 5 rings (SSSR count). The van der Waals surface area contributed by atoms with Gasteiger partial charge in [-0.25, -0.2) is 4.79 Å². The van der Waals surface area contributed by atoms with Crippen LogP contribution in [0.5, 0.6) is 0 Å². The molecule has 1 aromatic rings. The fourth-order valence-corrected chi connectivity index (χ4v) is 7.09. The molecule has 0 spiro atoms. The van der Waals surface area contributed by atoms with E-state index in [1.807, 2.05) is 12.1 Å². The molecule has 2 bridgehead atoms. The van der Waals surface area contributed by atoms with Gasteiger partial charge in [-0.15, -0.1) is 0 Å². The SMILES string of the molecule is CC1(C)C(c2ccc(C(=O)O)cc2)=CC[C@]2(C)CN(C(=O)CCN3C[C@H]4CC[C@@H]3C4)CC=C12. The van der Waals surface area contributed by atoms with Crippen LogP contribution in [0.25, 0.3) is 5.57 Å². The number of aromatic carboxylic acids is 1. The first kappa shape index (κ1) is 22.4. The highest BCUT2D eigenvalue weighted by Crippen LogP contribution is 2.55. The number of likely N-dealkylation sites (tertiary alicyclic amines) is 1. The second-order valence-corrected chi connectivity index (χ2v) is 11.4. The molecule has 0 aromatic heterocycles. The summed E-state index contributed by atoms with van der Waals surface area (Å²) < 4.78 is 0. The molecule has 1 aromatic carbocycles. The van der Waals surface area contributed by atoms with Gasteiger partial charge in [0, 0.05) is 49.5 Å². The van der Waals surface area contributed by atoms with E-state index < -0.39 is 5.97 Å². The molecule has 33 heavy (non-hydrogen) atoms. The van der Waals surface area contributed by atoms with Crippen LogP contribution in [-0.4, -0.2) is 59.0 Å². The zero-order valence-corrected chi connectivity index (χ0v) is 20.1. The van der Waals surface area contributed by atoms with Gasteiger partial charge in [0.15, 0.2) is 0 Å².